The quantitative estimate of drug-likeness (QED) is 0.761. The number of rotatable bonds is 1. The van der Waals surface area contributed by atoms with E-state index < -0.39 is 0 Å². The lowest BCUT2D eigenvalue weighted by atomic mass is 10.2. The van der Waals surface area contributed by atoms with Gasteiger partial charge in [-0.15, -0.1) is 5.10 Å². The molecule has 0 unspecified atom stereocenters. The van der Waals surface area contributed by atoms with Crippen LogP contribution in [0.15, 0.2) is 29.0 Å². The number of aromatic nitrogens is 4. The van der Waals surface area contributed by atoms with Gasteiger partial charge in [-0.2, -0.15) is 0 Å². The highest BCUT2D eigenvalue weighted by Gasteiger charge is 2.01. The molecule has 0 amide bonds. The molecule has 0 aliphatic carbocycles. The molecule has 5 heteroatoms. The Labute approximate surface area is 83.7 Å². The Morgan fingerprint density at radius 1 is 1.38 bits per heavy atom. The number of benzene rings is 1. The standard InChI is InChI=1S/C8H7BrN4/c1-6-4-7(9)2-3-8(6)13-5-10-11-12-13/h2-5H,1H3. The minimum Gasteiger partial charge on any atom is -0.200 e. The van der Waals surface area contributed by atoms with Gasteiger partial charge >= 0.3 is 0 Å². The van der Waals surface area contributed by atoms with Gasteiger partial charge in [-0.25, -0.2) is 4.68 Å². The van der Waals surface area contributed by atoms with E-state index in [-0.39, 0.29) is 0 Å². The largest absolute Gasteiger partial charge is 0.200 e. The summed E-state index contributed by atoms with van der Waals surface area (Å²) in [5, 5.41) is 11.0. The second-order valence-corrected chi connectivity index (χ2v) is 3.60. The second-order valence-electron chi connectivity index (χ2n) is 2.69. The Morgan fingerprint density at radius 3 is 2.85 bits per heavy atom. The number of aryl methyl sites for hydroxylation is 1. The van der Waals surface area contributed by atoms with E-state index in [1.165, 1.54) is 0 Å². The van der Waals surface area contributed by atoms with Crippen LogP contribution in [0.4, 0.5) is 0 Å². The molecule has 0 bridgehead atoms. The van der Waals surface area contributed by atoms with Crippen molar-refractivity contribution in [1.82, 2.24) is 20.2 Å². The van der Waals surface area contributed by atoms with E-state index in [9.17, 15) is 0 Å². The Balaban J connectivity index is 2.53. The van der Waals surface area contributed by atoms with Crippen molar-refractivity contribution in [3.8, 4) is 5.69 Å². The van der Waals surface area contributed by atoms with Crippen LogP contribution < -0.4 is 0 Å². The fourth-order valence-electron chi connectivity index (χ4n) is 1.15. The van der Waals surface area contributed by atoms with Gasteiger partial charge in [0.1, 0.15) is 6.33 Å². The highest BCUT2D eigenvalue weighted by Crippen LogP contribution is 2.17. The smallest absolute Gasteiger partial charge is 0.143 e. The lowest BCUT2D eigenvalue weighted by Gasteiger charge is -2.03. The zero-order chi connectivity index (χ0) is 9.26. The highest BCUT2D eigenvalue weighted by atomic mass is 79.9. The van der Waals surface area contributed by atoms with Crippen molar-refractivity contribution >= 4 is 15.9 Å². The third-order valence-electron chi connectivity index (χ3n) is 1.75. The van der Waals surface area contributed by atoms with Crippen molar-refractivity contribution in [2.75, 3.05) is 0 Å². The van der Waals surface area contributed by atoms with E-state index >= 15 is 0 Å². The first-order valence-electron chi connectivity index (χ1n) is 3.77. The third kappa shape index (κ3) is 1.60. The maximum Gasteiger partial charge on any atom is 0.143 e. The van der Waals surface area contributed by atoms with Crippen molar-refractivity contribution in [2.24, 2.45) is 0 Å². The average molecular weight is 239 g/mol. The number of nitrogens with zero attached hydrogens (tertiary/aromatic N) is 4. The fraction of sp³-hybridized carbons (Fsp3) is 0.125. The Kier molecular flexibility index (Phi) is 2.10. The molecule has 0 N–H and O–H groups in total. The first-order chi connectivity index (χ1) is 6.27. The third-order valence-corrected chi connectivity index (χ3v) is 2.25. The monoisotopic (exact) mass is 238 g/mol. The zero-order valence-electron chi connectivity index (χ0n) is 6.98. The maximum atomic E-state index is 3.82. The average Bonchev–Trinajstić information content (AvgIpc) is 2.56. The van der Waals surface area contributed by atoms with Crippen LogP contribution in [0.2, 0.25) is 0 Å². The number of hydrogen-bond acceptors (Lipinski definition) is 3. The van der Waals surface area contributed by atoms with E-state index in [0.717, 1.165) is 15.7 Å². The molecule has 1 aromatic heterocycles. The van der Waals surface area contributed by atoms with Crippen LogP contribution in [-0.2, 0) is 0 Å². The van der Waals surface area contributed by atoms with Gasteiger partial charge in [0.15, 0.2) is 0 Å². The molecule has 0 spiro atoms. The van der Waals surface area contributed by atoms with Gasteiger partial charge in [0.2, 0.25) is 0 Å². The Bertz CT molecular complexity index is 410. The van der Waals surface area contributed by atoms with E-state index in [2.05, 4.69) is 31.5 Å². The molecule has 2 aromatic rings. The lowest BCUT2D eigenvalue weighted by molar-refractivity contribution is 0.785. The molecule has 2 rings (SSSR count). The molecule has 4 nitrogen and oxygen atoms in total. The van der Waals surface area contributed by atoms with Gasteiger partial charge in [-0.1, -0.05) is 15.9 Å². The van der Waals surface area contributed by atoms with E-state index in [1.54, 1.807) is 11.0 Å². The summed E-state index contributed by atoms with van der Waals surface area (Å²) in [4.78, 5) is 0. The van der Waals surface area contributed by atoms with Crippen LogP contribution >= 0.6 is 15.9 Å². The van der Waals surface area contributed by atoms with Gasteiger partial charge in [-0.05, 0) is 41.1 Å². The van der Waals surface area contributed by atoms with Crippen molar-refractivity contribution in [2.45, 2.75) is 6.92 Å². The molecule has 66 valence electrons. The van der Waals surface area contributed by atoms with Crippen LogP contribution in [0.3, 0.4) is 0 Å². The molecule has 13 heavy (non-hydrogen) atoms. The summed E-state index contributed by atoms with van der Waals surface area (Å²) in [5.41, 5.74) is 2.12. The van der Waals surface area contributed by atoms with E-state index in [0.29, 0.717) is 0 Å². The molecule has 0 radical (unpaired) electrons. The summed E-state index contributed by atoms with van der Waals surface area (Å²) in [7, 11) is 0. The minimum atomic E-state index is 0.994. The predicted molar refractivity (Wildman–Crippen MR) is 51.6 cm³/mol. The summed E-state index contributed by atoms with van der Waals surface area (Å²) in [5.74, 6) is 0. The first kappa shape index (κ1) is 8.37. The van der Waals surface area contributed by atoms with Crippen LogP contribution in [0.1, 0.15) is 5.56 Å². The number of hydrogen-bond donors (Lipinski definition) is 0. The van der Waals surface area contributed by atoms with Crippen molar-refractivity contribution < 1.29 is 0 Å². The summed E-state index contributed by atoms with van der Waals surface area (Å²) >= 11 is 3.40. The molecule has 0 aliphatic heterocycles. The number of halogens is 1. The zero-order valence-corrected chi connectivity index (χ0v) is 8.56. The highest BCUT2D eigenvalue weighted by molar-refractivity contribution is 9.10. The normalized spacial score (nSPS) is 10.3. The molecule has 0 saturated heterocycles. The van der Waals surface area contributed by atoms with Crippen molar-refractivity contribution in [3.63, 3.8) is 0 Å². The summed E-state index contributed by atoms with van der Waals surface area (Å²) < 4.78 is 2.70. The van der Waals surface area contributed by atoms with Crippen LogP contribution in [0, 0.1) is 6.92 Å². The Hall–Kier alpha value is -1.23. The minimum absolute atomic E-state index is 0.994. The summed E-state index contributed by atoms with van der Waals surface area (Å²) in [6.45, 7) is 2.02. The van der Waals surface area contributed by atoms with Crippen LogP contribution in [0.25, 0.3) is 5.69 Å². The van der Waals surface area contributed by atoms with Gasteiger partial charge < -0.3 is 0 Å². The molecule has 0 fully saturated rings. The SMILES string of the molecule is Cc1cc(Br)ccc1-n1cnnn1. The van der Waals surface area contributed by atoms with Gasteiger partial charge in [0, 0.05) is 4.47 Å². The lowest BCUT2D eigenvalue weighted by Crippen LogP contribution is -1.97. The first-order valence-corrected chi connectivity index (χ1v) is 4.56. The second kappa shape index (κ2) is 3.26. The molecular weight excluding hydrogens is 232 g/mol. The predicted octanol–water partition coefficient (Wildman–Crippen LogP) is 1.73. The molecule has 0 saturated carbocycles. The summed E-state index contributed by atoms with van der Waals surface area (Å²) in [6.07, 6.45) is 1.58. The van der Waals surface area contributed by atoms with Crippen molar-refractivity contribution in [3.05, 3.63) is 34.6 Å². The molecule has 1 aromatic carbocycles. The molecular formula is C8H7BrN4. The van der Waals surface area contributed by atoms with Gasteiger partial charge in [-0.3, -0.25) is 0 Å². The molecule has 0 aliphatic rings. The maximum absolute atomic E-state index is 3.82. The van der Waals surface area contributed by atoms with Crippen LogP contribution in [-0.4, -0.2) is 20.2 Å². The summed E-state index contributed by atoms with van der Waals surface area (Å²) in [6, 6.07) is 5.96. The van der Waals surface area contributed by atoms with Crippen molar-refractivity contribution in [1.29, 1.82) is 0 Å². The Morgan fingerprint density at radius 2 is 2.23 bits per heavy atom. The molecule has 0 atom stereocenters. The topological polar surface area (TPSA) is 43.6 Å². The molecule has 1 heterocycles. The fourth-order valence-corrected chi connectivity index (χ4v) is 1.62. The van der Waals surface area contributed by atoms with Crippen LogP contribution in [0.5, 0.6) is 0 Å². The van der Waals surface area contributed by atoms with E-state index in [1.807, 2.05) is 25.1 Å². The van der Waals surface area contributed by atoms with E-state index in [4.69, 9.17) is 0 Å². The van der Waals surface area contributed by atoms with Gasteiger partial charge in [0.05, 0.1) is 5.69 Å². The number of tetrazole rings is 1. The van der Waals surface area contributed by atoms with Gasteiger partial charge in [0.25, 0.3) is 0 Å².